The Morgan fingerprint density at radius 3 is 2.54 bits per heavy atom. The Bertz CT molecular complexity index is 137. The van der Waals surface area contributed by atoms with E-state index < -0.39 is 0 Å². The van der Waals surface area contributed by atoms with Crippen LogP contribution in [0.3, 0.4) is 0 Å². The van der Waals surface area contributed by atoms with Crippen molar-refractivity contribution < 1.29 is 4.79 Å². The van der Waals surface area contributed by atoms with E-state index in [4.69, 9.17) is 5.73 Å². The predicted molar refractivity (Wildman–Crippen MR) is 55.5 cm³/mol. The normalized spacial score (nSPS) is 10.1. The molecule has 0 aliphatic rings. The Hall–Kier alpha value is -0.570. The lowest BCUT2D eigenvalue weighted by Gasteiger charge is -2.16. The SMILES string of the molecule is CCCCCN(C)C(=O)CCCN. The number of hydrogen-bond donors (Lipinski definition) is 1. The zero-order valence-electron chi connectivity index (χ0n) is 8.88. The fraction of sp³-hybridized carbons (Fsp3) is 0.900. The maximum atomic E-state index is 11.4. The minimum atomic E-state index is 0.224. The number of nitrogens with zero attached hydrogens (tertiary/aromatic N) is 1. The van der Waals surface area contributed by atoms with Gasteiger partial charge in [-0.1, -0.05) is 19.8 Å². The van der Waals surface area contributed by atoms with Gasteiger partial charge in [-0.05, 0) is 19.4 Å². The van der Waals surface area contributed by atoms with Crippen LogP contribution in [0, 0.1) is 0 Å². The summed E-state index contributed by atoms with van der Waals surface area (Å²) in [5.74, 6) is 0.224. The first-order chi connectivity index (χ1) is 6.22. The summed E-state index contributed by atoms with van der Waals surface area (Å²) in [6.07, 6.45) is 4.91. The molecule has 0 saturated carbocycles. The molecule has 2 N–H and O–H groups in total. The second-order valence-corrected chi connectivity index (χ2v) is 3.41. The first-order valence-corrected chi connectivity index (χ1v) is 5.16. The van der Waals surface area contributed by atoms with Gasteiger partial charge in [0.2, 0.25) is 5.91 Å². The summed E-state index contributed by atoms with van der Waals surface area (Å²) in [5, 5.41) is 0. The molecule has 1 amide bonds. The molecule has 0 aromatic heterocycles. The summed E-state index contributed by atoms with van der Waals surface area (Å²) < 4.78 is 0. The molecule has 0 aliphatic heterocycles. The molecule has 78 valence electrons. The van der Waals surface area contributed by atoms with Crippen molar-refractivity contribution in [3.8, 4) is 0 Å². The minimum Gasteiger partial charge on any atom is -0.346 e. The first-order valence-electron chi connectivity index (χ1n) is 5.16. The Labute approximate surface area is 81.3 Å². The Morgan fingerprint density at radius 1 is 1.31 bits per heavy atom. The molecule has 0 aromatic carbocycles. The van der Waals surface area contributed by atoms with Crippen molar-refractivity contribution >= 4 is 5.91 Å². The van der Waals surface area contributed by atoms with Gasteiger partial charge < -0.3 is 10.6 Å². The lowest BCUT2D eigenvalue weighted by molar-refractivity contribution is -0.130. The van der Waals surface area contributed by atoms with E-state index in [9.17, 15) is 4.79 Å². The monoisotopic (exact) mass is 186 g/mol. The minimum absolute atomic E-state index is 0.224. The number of nitrogens with two attached hydrogens (primary N) is 1. The van der Waals surface area contributed by atoms with E-state index in [0.29, 0.717) is 13.0 Å². The highest BCUT2D eigenvalue weighted by molar-refractivity contribution is 5.75. The predicted octanol–water partition coefficient (Wildman–Crippen LogP) is 1.37. The molecule has 0 bridgehead atoms. The Morgan fingerprint density at radius 2 is 2.00 bits per heavy atom. The molecule has 0 spiro atoms. The average Bonchev–Trinajstić information content (AvgIpc) is 2.14. The molecule has 0 unspecified atom stereocenters. The van der Waals surface area contributed by atoms with Gasteiger partial charge in [-0.25, -0.2) is 0 Å². The maximum absolute atomic E-state index is 11.4. The lowest BCUT2D eigenvalue weighted by atomic mass is 10.2. The van der Waals surface area contributed by atoms with Crippen molar-refractivity contribution in [2.24, 2.45) is 5.73 Å². The Kier molecular flexibility index (Phi) is 7.69. The van der Waals surface area contributed by atoms with Crippen molar-refractivity contribution in [1.82, 2.24) is 4.90 Å². The van der Waals surface area contributed by atoms with Crippen LogP contribution >= 0.6 is 0 Å². The largest absolute Gasteiger partial charge is 0.346 e. The highest BCUT2D eigenvalue weighted by Gasteiger charge is 2.06. The van der Waals surface area contributed by atoms with E-state index in [2.05, 4.69) is 6.92 Å². The van der Waals surface area contributed by atoms with Crippen LogP contribution in [-0.4, -0.2) is 30.9 Å². The van der Waals surface area contributed by atoms with Crippen molar-refractivity contribution in [3.05, 3.63) is 0 Å². The molecule has 0 fully saturated rings. The molecule has 0 aliphatic carbocycles. The Balaban J connectivity index is 3.45. The zero-order chi connectivity index (χ0) is 10.1. The number of rotatable bonds is 7. The van der Waals surface area contributed by atoms with E-state index in [1.807, 2.05) is 11.9 Å². The molecule has 0 radical (unpaired) electrons. The molecule has 0 saturated heterocycles. The van der Waals surface area contributed by atoms with Gasteiger partial charge >= 0.3 is 0 Å². The topological polar surface area (TPSA) is 46.3 Å². The fourth-order valence-corrected chi connectivity index (χ4v) is 1.17. The molecule has 0 rings (SSSR count). The van der Waals surface area contributed by atoms with Crippen LogP contribution in [0.5, 0.6) is 0 Å². The molecule has 0 atom stereocenters. The lowest BCUT2D eigenvalue weighted by Crippen LogP contribution is -2.27. The van der Waals surface area contributed by atoms with Crippen molar-refractivity contribution in [2.75, 3.05) is 20.1 Å². The second kappa shape index (κ2) is 8.05. The van der Waals surface area contributed by atoms with Gasteiger partial charge in [0.1, 0.15) is 0 Å². The highest BCUT2D eigenvalue weighted by atomic mass is 16.2. The average molecular weight is 186 g/mol. The van der Waals surface area contributed by atoms with Crippen molar-refractivity contribution in [2.45, 2.75) is 39.0 Å². The third kappa shape index (κ3) is 6.58. The van der Waals surface area contributed by atoms with Crippen LogP contribution in [0.25, 0.3) is 0 Å². The third-order valence-electron chi connectivity index (χ3n) is 2.12. The van der Waals surface area contributed by atoms with E-state index in [-0.39, 0.29) is 5.91 Å². The van der Waals surface area contributed by atoms with Gasteiger partial charge in [0.05, 0.1) is 0 Å². The summed E-state index contributed by atoms with van der Waals surface area (Å²) in [6.45, 7) is 3.65. The summed E-state index contributed by atoms with van der Waals surface area (Å²) in [5.41, 5.74) is 5.33. The van der Waals surface area contributed by atoms with E-state index in [1.165, 1.54) is 12.8 Å². The van der Waals surface area contributed by atoms with Crippen LogP contribution in [0.2, 0.25) is 0 Å². The van der Waals surface area contributed by atoms with Crippen LogP contribution in [-0.2, 0) is 4.79 Å². The highest BCUT2D eigenvalue weighted by Crippen LogP contribution is 1.99. The summed E-state index contributed by atoms with van der Waals surface area (Å²) in [4.78, 5) is 13.2. The molecule has 13 heavy (non-hydrogen) atoms. The second-order valence-electron chi connectivity index (χ2n) is 3.41. The van der Waals surface area contributed by atoms with Crippen LogP contribution in [0.1, 0.15) is 39.0 Å². The molecular weight excluding hydrogens is 164 g/mol. The summed E-state index contributed by atoms with van der Waals surface area (Å²) >= 11 is 0. The van der Waals surface area contributed by atoms with Gasteiger partial charge in [0.25, 0.3) is 0 Å². The van der Waals surface area contributed by atoms with Crippen molar-refractivity contribution in [1.29, 1.82) is 0 Å². The quantitative estimate of drug-likeness (QED) is 0.610. The standard InChI is InChI=1S/C10H22N2O/c1-3-4-5-9-12(2)10(13)7-6-8-11/h3-9,11H2,1-2H3. The number of unbranched alkanes of at least 4 members (excludes halogenated alkanes) is 2. The smallest absolute Gasteiger partial charge is 0.222 e. The maximum Gasteiger partial charge on any atom is 0.222 e. The van der Waals surface area contributed by atoms with E-state index in [0.717, 1.165) is 19.4 Å². The van der Waals surface area contributed by atoms with Gasteiger partial charge in [0.15, 0.2) is 0 Å². The number of carbonyl (C=O) groups is 1. The van der Waals surface area contributed by atoms with Gasteiger partial charge in [-0.15, -0.1) is 0 Å². The molecule has 3 nitrogen and oxygen atoms in total. The molecule has 0 aromatic rings. The molecule has 3 heteroatoms. The van der Waals surface area contributed by atoms with Crippen LogP contribution in [0.4, 0.5) is 0 Å². The van der Waals surface area contributed by atoms with E-state index in [1.54, 1.807) is 0 Å². The number of amides is 1. The van der Waals surface area contributed by atoms with Gasteiger partial charge in [0, 0.05) is 20.0 Å². The van der Waals surface area contributed by atoms with E-state index >= 15 is 0 Å². The van der Waals surface area contributed by atoms with Crippen LogP contribution in [0.15, 0.2) is 0 Å². The number of hydrogen-bond acceptors (Lipinski definition) is 2. The van der Waals surface area contributed by atoms with Crippen LogP contribution < -0.4 is 5.73 Å². The number of carbonyl (C=O) groups excluding carboxylic acids is 1. The third-order valence-corrected chi connectivity index (χ3v) is 2.12. The van der Waals surface area contributed by atoms with Gasteiger partial charge in [-0.2, -0.15) is 0 Å². The van der Waals surface area contributed by atoms with Crippen molar-refractivity contribution in [3.63, 3.8) is 0 Å². The summed E-state index contributed by atoms with van der Waals surface area (Å²) in [7, 11) is 1.87. The fourth-order valence-electron chi connectivity index (χ4n) is 1.17. The summed E-state index contributed by atoms with van der Waals surface area (Å²) in [6, 6.07) is 0. The first kappa shape index (κ1) is 12.4. The van der Waals surface area contributed by atoms with Gasteiger partial charge in [-0.3, -0.25) is 4.79 Å². The molecular formula is C10H22N2O. The molecule has 0 heterocycles. The zero-order valence-corrected chi connectivity index (χ0v) is 8.88.